The van der Waals surface area contributed by atoms with Crippen LogP contribution in [-0.2, 0) is 0 Å². The third-order valence-corrected chi connectivity index (χ3v) is 5.78. The number of aliphatic hydroxyl groups is 3. The predicted octanol–water partition coefficient (Wildman–Crippen LogP) is 4.05. The molecule has 0 heterocycles. The van der Waals surface area contributed by atoms with E-state index < -0.39 is 0 Å². The molecule has 5 nitrogen and oxygen atoms in total. The molecular weight excluding hydrogens is 364 g/mol. The van der Waals surface area contributed by atoms with Gasteiger partial charge in [0.2, 0.25) is 0 Å². The lowest BCUT2D eigenvalue weighted by molar-refractivity contribution is 0.147. The Labute approximate surface area is 181 Å². The largest absolute Gasteiger partial charge is 0.395 e. The van der Waals surface area contributed by atoms with E-state index in [9.17, 15) is 5.11 Å². The summed E-state index contributed by atoms with van der Waals surface area (Å²) in [5.74, 6) is 0. The van der Waals surface area contributed by atoms with Crippen molar-refractivity contribution in [2.45, 2.75) is 96.8 Å². The van der Waals surface area contributed by atoms with Gasteiger partial charge in [0.25, 0.3) is 0 Å². The van der Waals surface area contributed by atoms with Gasteiger partial charge in [0.15, 0.2) is 0 Å². The minimum Gasteiger partial charge on any atom is -0.395 e. The number of aliphatic hydroxyl groups excluding tert-OH is 3. The molecule has 0 aromatic carbocycles. The second-order valence-corrected chi connectivity index (χ2v) is 8.45. The summed E-state index contributed by atoms with van der Waals surface area (Å²) in [5.41, 5.74) is 0. The Morgan fingerprint density at radius 1 is 0.379 bits per heavy atom. The molecule has 0 saturated heterocycles. The second-order valence-electron chi connectivity index (χ2n) is 8.45. The van der Waals surface area contributed by atoms with Crippen molar-refractivity contribution in [3.63, 3.8) is 0 Å². The molecule has 3 N–H and O–H groups in total. The first kappa shape index (κ1) is 28.8. The number of unbranched alkanes of at least 4 members (excludes halogenated alkanes) is 12. The summed E-state index contributed by atoms with van der Waals surface area (Å²) < 4.78 is 0. The van der Waals surface area contributed by atoms with Crippen LogP contribution in [0, 0.1) is 0 Å². The molecule has 0 aromatic heterocycles. The first-order valence-electron chi connectivity index (χ1n) is 12.6. The van der Waals surface area contributed by atoms with E-state index in [0.29, 0.717) is 13.1 Å². The van der Waals surface area contributed by atoms with E-state index in [1.807, 2.05) is 0 Å². The molecule has 0 aliphatic carbocycles. The zero-order valence-corrected chi connectivity index (χ0v) is 19.5. The van der Waals surface area contributed by atoms with Gasteiger partial charge in [-0.15, -0.1) is 0 Å². The first-order valence-corrected chi connectivity index (χ1v) is 12.6. The Bertz CT molecular complexity index is 300. The Morgan fingerprint density at radius 3 is 1.07 bits per heavy atom. The van der Waals surface area contributed by atoms with Crippen LogP contribution in [0.4, 0.5) is 0 Å². The SMILES string of the molecule is CCCCCCCCCCCCCCCN(CCO)CCCN(CCO)CCO. The van der Waals surface area contributed by atoms with Gasteiger partial charge in [-0.1, -0.05) is 84.0 Å². The number of nitrogens with zero attached hydrogens (tertiary/aromatic N) is 2. The molecule has 0 bridgehead atoms. The maximum absolute atomic E-state index is 9.30. The topological polar surface area (TPSA) is 67.2 Å². The van der Waals surface area contributed by atoms with Crippen LogP contribution in [-0.4, -0.2) is 84.2 Å². The van der Waals surface area contributed by atoms with E-state index in [2.05, 4.69) is 16.7 Å². The van der Waals surface area contributed by atoms with Gasteiger partial charge in [0.1, 0.15) is 0 Å². The molecule has 0 unspecified atom stereocenters. The van der Waals surface area contributed by atoms with Gasteiger partial charge in [0.05, 0.1) is 19.8 Å². The average molecular weight is 417 g/mol. The Kier molecular flexibility index (Phi) is 23.9. The number of hydrogen-bond acceptors (Lipinski definition) is 5. The summed E-state index contributed by atoms with van der Waals surface area (Å²) in [6.45, 7) is 7.70. The van der Waals surface area contributed by atoms with Gasteiger partial charge >= 0.3 is 0 Å². The van der Waals surface area contributed by atoms with Crippen molar-refractivity contribution in [2.75, 3.05) is 59.1 Å². The van der Waals surface area contributed by atoms with E-state index in [-0.39, 0.29) is 19.8 Å². The van der Waals surface area contributed by atoms with E-state index in [4.69, 9.17) is 10.2 Å². The monoisotopic (exact) mass is 416 g/mol. The lowest BCUT2D eigenvalue weighted by Crippen LogP contribution is -2.35. The van der Waals surface area contributed by atoms with Crippen LogP contribution in [0.2, 0.25) is 0 Å². The van der Waals surface area contributed by atoms with Crippen molar-refractivity contribution < 1.29 is 15.3 Å². The molecular formula is C24H52N2O3. The van der Waals surface area contributed by atoms with Crippen LogP contribution in [0.5, 0.6) is 0 Å². The van der Waals surface area contributed by atoms with Gasteiger partial charge in [-0.3, -0.25) is 4.90 Å². The molecule has 0 rings (SSSR count). The fraction of sp³-hybridized carbons (Fsp3) is 1.00. The van der Waals surface area contributed by atoms with Crippen LogP contribution in [0.25, 0.3) is 0 Å². The van der Waals surface area contributed by atoms with Crippen LogP contribution in [0.15, 0.2) is 0 Å². The summed E-state index contributed by atoms with van der Waals surface area (Å²) in [4.78, 5) is 4.46. The lowest BCUT2D eigenvalue weighted by atomic mass is 10.0. The van der Waals surface area contributed by atoms with Gasteiger partial charge in [-0.2, -0.15) is 0 Å². The molecule has 0 aliphatic heterocycles. The van der Waals surface area contributed by atoms with Gasteiger partial charge in [-0.05, 0) is 32.5 Å². The molecule has 0 radical (unpaired) electrons. The first-order chi connectivity index (χ1) is 14.3. The molecule has 0 fully saturated rings. The van der Waals surface area contributed by atoms with Crippen LogP contribution >= 0.6 is 0 Å². The summed E-state index contributed by atoms with van der Waals surface area (Å²) in [6, 6.07) is 0. The highest BCUT2D eigenvalue weighted by Gasteiger charge is 2.07. The minimum absolute atomic E-state index is 0.138. The van der Waals surface area contributed by atoms with Crippen molar-refractivity contribution in [3.05, 3.63) is 0 Å². The van der Waals surface area contributed by atoms with Crippen molar-refractivity contribution in [1.82, 2.24) is 9.80 Å². The summed E-state index contributed by atoms with van der Waals surface area (Å²) in [5, 5.41) is 27.5. The van der Waals surface area contributed by atoms with E-state index >= 15 is 0 Å². The van der Waals surface area contributed by atoms with Gasteiger partial charge in [-0.25, -0.2) is 0 Å². The van der Waals surface area contributed by atoms with Crippen molar-refractivity contribution in [3.8, 4) is 0 Å². The lowest BCUT2D eigenvalue weighted by Gasteiger charge is -2.24. The molecule has 5 heteroatoms. The maximum atomic E-state index is 9.30. The molecule has 0 aromatic rings. The third kappa shape index (κ3) is 20.8. The third-order valence-electron chi connectivity index (χ3n) is 5.78. The molecule has 176 valence electrons. The number of rotatable bonds is 24. The predicted molar refractivity (Wildman–Crippen MR) is 124 cm³/mol. The molecule has 0 spiro atoms. The summed E-state index contributed by atoms with van der Waals surface area (Å²) >= 11 is 0. The molecule has 29 heavy (non-hydrogen) atoms. The summed E-state index contributed by atoms with van der Waals surface area (Å²) in [6.07, 6.45) is 18.9. The van der Waals surface area contributed by atoms with Gasteiger partial charge in [0, 0.05) is 19.6 Å². The van der Waals surface area contributed by atoms with Crippen LogP contribution < -0.4 is 0 Å². The molecule has 0 saturated carbocycles. The molecule has 0 amide bonds. The van der Waals surface area contributed by atoms with Crippen LogP contribution in [0.1, 0.15) is 96.8 Å². The van der Waals surface area contributed by atoms with E-state index in [0.717, 1.165) is 32.6 Å². The Hall–Kier alpha value is -0.200. The van der Waals surface area contributed by atoms with Crippen molar-refractivity contribution in [1.29, 1.82) is 0 Å². The Balaban J connectivity index is 3.57. The zero-order chi connectivity index (χ0) is 21.4. The van der Waals surface area contributed by atoms with Crippen molar-refractivity contribution in [2.24, 2.45) is 0 Å². The zero-order valence-electron chi connectivity index (χ0n) is 19.5. The summed E-state index contributed by atoms with van der Waals surface area (Å²) in [7, 11) is 0. The van der Waals surface area contributed by atoms with Crippen LogP contribution in [0.3, 0.4) is 0 Å². The highest BCUT2D eigenvalue weighted by Crippen LogP contribution is 2.12. The fourth-order valence-corrected chi connectivity index (χ4v) is 3.97. The standard InChI is InChI=1S/C24H52N2O3/c1-2-3-4-5-6-7-8-9-10-11-12-13-14-16-25(19-22-27)17-15-18-26(20-23-28)21-24-29/h27-29H,2-24H2,1H3. The molecule has 0 atom stereocenters. The minimum atomic E-state index is 0.138. The van der Waals surface area contributed by atoms with Gasteiger partial charge < -0.3 is 20.2 Å². The van der Waals surface area contributed by atoms with E-state index in [1.165, 1.54) is 83.5 Å². The smallest absolute Gasteiger partial charge is 0.0558 e. The van der Waals surface area contributed by atoms with E-state index in [1.54, 1.807) is 0 Å². The normalized spacial score (nSPS) is 11.8. The van der Waals surface area contributed by atoms with Crippen molar-refractivity contribution >= 4 is 0 Å². The second kappa shape index (κ2) is 24.1. The fourth-order valence-electron chi connectivity index (χ4n) is 3.97. The Morgan fingerprint density at radius 2 is 0.690 bits per heavy atom. The highest BCUT2D eigenvalue weighted by molar-refractivity contribution is 4.62. The molecule has 0 aliphatic rings. The highest BCUT2D eigenvalue weighted by atomic mass is 16.3. The maximum Gasteiger partial charge on any atom is 0.0558 e. The average Bonchev–Trinajstić information content (AvgIpc) is 2.71. The quantitative estimate of drug-likeness (QED) is 0.207. The number of hydrogen-bond donors (Lipinski definition) is 3.